The van der Waals surface area contributed by atoms with Crippen LogP contribution in [0.5, 0.6) is 0 Å². The number of para-hydroxylation sites is 2. The van der Waals surface area contributed by atoms with Gasteiger partial charge in [-0.05, 0) is 146 Å². The van der Waals surface area contributed by atoms with Gasteiger partial charge in [-0.25, -0.2) is 0 Å². The molecule has 0 N–H and O–H groups in total. The molecule has 0 saturated heterocycles. The predicted octanol–water partition coefficient (Wildman–Crippen LogP) is 19.6. The lowest BCUT2D eigenvalue weighted by Gasteiger charge is -2.34. The van der Waals surface area contributed by atoms with Crippen molar-refractivity contribution < 1.29 is 0 Å². The molecule has 0 saturated carbocycles. The van der Waals surface area contributed by atoms with E-state index in [9.17, 15) is 0 Å². The van der Waals surface area contributed by atoms with Crippen molar-refractivity contribution >= 4 is 38.9 Å². The van der Waals surface area contributed by atoms with Gasteiger partial charge in [0.15, 0.2) is 0 Å². The second kappa shape index (κ2) is 18.9. The Hall–Kier alpha value is -8.20. The lowest BCUT2D eigenvalue weighted by atomic mass is 9.70. The molecule has 0 aliphatic heterocycles. The molecule has 1 aromatic heterocycles. The van der Waals surface area contributed by atoms with Gasteiger partial charge in [0, 0.05) is 38.9 Å². The van der Waals surface area contributed by atoms with Crippen LogP contribution in [-0.4, -0.2) is 4.57 Å². The molecule has 0 bridgehead atoms. The Kier molecular flexibility index (Phi) is 11.8. The van der Waals surface area contributed by atoms with Crippen molar-refractivity contribution in [2.24, 2.45) is 0 Å². The van der Waals surface area contributed by atoms with Crippen LogP contribution in [0.15, 0.2) is 243 Å². The first-order valence-electron chi connectivity index (χ1n) is 25.7. The third-order valence-corrected chi connectivity index (χ3v) is 15.2. The number of unbranched alkanes of at least 4 members (excludes halogenated alkanes) is 2. The van der Waals surface area contributed by atoms with Crippen LogP contribution in [0, 0.1) is 0 Å². The van der Waals surface area contributed by atoms with E-state index in [2.05, 4.69) is 266 Å². The molecule has 0 fully saturated rings. The molecule has 0 atom stereocenters. The minimum absolute atomic E-state index is 0.133. The van der Waals surface area contributed by atoms with Crippen molar-refractivity contribution in [1.29, 1.82) is 0 Å². The standard InChI is InChI=1S/C69H58N2/c1-3-5-44-69(45-6-4-2)65-47-57(40-42-61(65)62-43-41-58(48-66(62)69)71-67-30-17-15-28-63(67)64-29-16-18-31-68(64)71)70(55-36-32-50(33-37-55)54-25-19-24-53(46-54)49-20-9-7-10-21-49)56-38-34-52(35-39-56)60-27-14-13-26-59(60)51-22-11-8-12-23-51/h7-43,46-48H,3-6,44-45H2,1-2H3. The van der Waals surface area contributed by atoms with Crippen molar-refractivity contribution in [2.75, 3.05) is 4.90 Å². The summed E-state index contributed by atoms with van der Waals surface area (Å²) in [5, 5.41) is 2.59. The zero-order valence-corrected chi connectivity index (χ0v) is 40.7. The van der Waals surface area contributed by atoms with Crippen LogP contribution in [0.2, 0.25) is 0 Å². The van der Waals surface area contributed by atoms with E-state index in [0.717, 1.165) is 49.9 Å². The molecule has 0 spiro atoms. The number of fused-ring (bicyclic) bond motifs is 6. The molecule has 12 rings (SSSR count). The monoisotopic (exact) mass is 914 g/mol. The number of rotatable bonds is 14. The van der Waals surface area contributed by atoms with Gasteiger partial charge in [0.05, 0.1) is 11.0 Å². The van der Waals surface area contributed by atoms with E-state index in [-0.39, 0.29) is 5.41 Å². The summed E-state index contributed by atoms with van der Waals surface area (Å²) < 4.78 is 2.50. The summed E-state index contributed by atoms with van der Waals surface area (Å²) in [6.07, 6.45) is 6.84. The topological polar surface area (TPSA) is 8.17 Å². The zero-order chi connectivity index (χ0) is 47.7. The zero-order valence-electron chi connectivity index (χ0n) is 40.7. The van der Waals surface area contributed by atoms with E-state index in [1.54, 1.807) is 0 Å². The molecule has 344 valence electrons. The summed E-state index contributed by atoms with van der Waals surface area (Å²) in [6, 6.07) is 90.1. The Morgan fingerprint density at radius 3 is 1.35 bits per heavy atom. The lowest BCUT2D eigenvalue weighted by Crippen LogP contribution is -2.26. The van der Waals surface area contributed by atoms with Crippen LogP contribution < -0.4 is 4.90 Å². The maximum atomic E-state index is 2.57. The Balaban J connectivity index is 0.998. The van der Waals surface area contributed by atoms with Crippen LogP contribution >= 0.6 is 0 Å². The predicted molar refractivity (Wildman–Crippen MR) is 302 cm³/mol. The highest BCUT2D eigenvalue weighted by Crippen LogP contribution is 2.56. The molecule has 1 aliphatic rings. The van der Waals surface area contributed by atoms with Gasteiger partial charge in [0.2, 0.25) is 0 Å². The van der Waals surface area contributed by atoms with Gasteiger partial charge in [0.25, 0.3) is 0 Å². The molecule has 0 unspecified atom stereocenters. The fraction of sp³-hybridized carbons (Fsp3) is 0.130. The normalized spacial score (nSPS) is 12.5. The summed E-state index contributed by atoms with van der Waals surface area (Å²) in [5.41, 5.74) is 22.4. The molecular weight excluding hydrogens is 857 g/mol. The summed E-state index contributed by atoms with van der Waals surface area (Å²) in [4.78, 5) is 2.48. The second-order valence-corrected chi connectivity index (χ2v) is 19.4. The maximum absolute atomic E-state index is 2.57. The molecule has 0 radical (unpaired) electrons. The lowest BCUT2D eigenvalue weighted by molar-refractivity contribution is 0.414. The van der Waals surface area contributed by atoms with E-state index in [1.807, 2.05) is 0 Å². The number of anilines is 3. The molecule has 71 heavy (non-hydrogen) atoms. The van der Waals surface area contributed by atoms with Crippen molar-refractivity contribution in [3.63, 3.8) is 0 Å². The summed E-state index contributed by atoms with van der Waals surface area (Å²) >= 11 is 0. The van der Waals surface area contributed by atoms with Gasteiger partial charge >= 0.3 is 0 Å². The quantitative estimate of drug-likeness (QED) is 0.106. The van der Waals surface area contributed by atoms with E-state index in [1.165, 1.54) is 99.9 Å². The van der Waals surface area contributed by atoms with Gasteiger partial charge in [-0.1, -0.05) is 215 Å². The third-order valence-electron chi connectivity index (χ3n) is 15.2. The Labute approximate surface area is 419 Å². The number of nitrogens with zero attached hydrogens (tertiary/aromatic N) is 2. The second-order valence-electron chi connectivity index (χ2n) is 19.4. The SMILES string of the molecule is CCCCC1(CCCC)c2cc(N(c3ccc(-c4cccc(-c5ccccc5)c4)cc3)c3ccc(-c4ccccc4-c4ccccc4)cc3)ccc2-c2ccc(-n3c4ccccc4c4ccccc43)cc21. The molecule has 1 heterocycles. The Morgan fingerprint density at radius 2 is 0.775 bits per heavy atom. The molecule has 0 amide bonds. The van der Waals surface area contributed by atoms with E-state index in [4.69, 9.17) is 0 Å². The van der Waals surface area contributed by atoms with Gasteiger partial charge < -0.3 is 9.47 Å². The highest BCUT2D eigenvalue weighted by molar-refractivity contribution is 6.09. The first kappa shape index (κ1) is 44.0. The average Bonchev–Trinajstić information content (AvgIpc) is 3.92. The molecule has 1 aliphatic carbocycles. The molecule has 11 aromatic rings. The van der Waals surface area contributed by atoms with Crippen LogP contribution in [-0.2, 0) is 5.41 Å². The first-order chi connectivity index (χ1) is 35.1. The smallest absolute Gasteiger partial charge is 0.0541 e. The highest BCUT2D eigenvalue weighted by atomic mass is 15.1. The largest absolute Gasteiger partial charge is 0.310 e. The van der Waals surface area contributed by atoms with Crippen LogP contribution in [0.25, 0.3) is 83.1 Å². The van der Waals surface area contributed by atoms with Crippen molar-refractivity contribution in [3.8, 4) is 61.3 Å². The summed E-state index contributed by atoms with van der Waals surface area (Å²) in [7, 11) is 0. The maximum Gasteiger partial charge on any atom is 0.0541 e. The number of hydrogen-bond acceptors (Lipinski definition) is 1. The minimum atomic E-state index is -0.133. The molecule has 2 nitrogen and oxygen atoms in total. The number of aromatic nitrogens is 1. The third kappa shape index (κ3) is 7.94. The van der Waals surface area contributed by atoms with Gasteiger partial charge in [0.1, 0.15) is 0 Å². The van der Waals surface area contributed by atoms with Crippen LogP contribution in [0.3, 0.4) is 0 Å². The van der Waals surface area contributed by atoms with E-state index < -0.39 is 0 Å². The Bertz CT molecular complexity index is 3600. The summed E-state index contributed by atoms with van der Waals surface area (Å²) in [6.45, 7) is 4.70. The van der Waals surface area contributed by atoms with Gasteiger partial charge in [-0.3, -0.25) is 0 Å². The van der Waals surface area contributed by atoms with Crippen molar-refractivity contribution in [2.45, 2.75) is 57.8 Å². The van der Waals surface area contributed by atoms with Crippen molar-refractivity contribution in [3.05, 3.63) is 254 Å². The Morgan fingerprint density at radius 1 is 0.338 bits per heavy atom. The van der Waals surface area contributed by atoms with Crippen LogP contribution in [0.4, 0.5) is 17.1 Å². The average molecular weight is 915 g/mol. The van der Waals surface area contributed by atoms with Crippen molar-refractivity contribution in [1.82, 2.24) is 4.57 Å². The van der Waals surface area contributed by atoms with E-state index >= 15 is 0 Å². The summed E-state index contributed by atoms with van der Waals surface area (Å²) in [5.74, 6) is 0. The van der Waals surface area contributed by atoms with Crippen LogP contribution in [0.1, 0.15) is 63.5 Å². The fourth-order valence-electron chi connectivity index (χ4n) is 11.7. The van der Waals surface area contributed by atoms with Gasteiger partial charge in [-0.2, -0.15) is 0 Å². The van der Waals surface area contributed by atoms with Gasteiger partial charge in [-0.15, -0.1) is 0 Å². The highest BCUT2D eigenvalue weighted by Gasteiger charge is 2.43. The van der Waals surface area contributed by atoms with E-state index in [0.29, 0.717) is 0 Å². The molecule has 2 heteroatoms. The fourth-order valence-corrected chi connectivity index (χ4v) is 11.7. The molecular formula is C69H58N2. The number of benzene rings is 10. The molecule has 10 aromatic carbocycles. The first-order valence-corrected chi connectivity index (χ1v) is 25.7. The minimum Gasteiger partial charge on any atom is -0.310 e. The number of hydrogen-bond donors (Lipinski definition) is 0.